The van der Waals surface area contributed by atoms with Crippen molar-refractivity contribution < 1.29 is 8.42 Å². The number of hydrogen-bond donors (Lipinski definition) is 1. The lowest BCUT2D eigenvalue weighted by molar-refractivity contribution is 0.415. The highest BCUT2D eigenvalue weighted by Crippen LogP contribution is 2.29. The summed E-state index contributed by atoms with van der Waals surface area (Å²) in [4.78, 5) is 1.18. The molecule has 1 rings (SSSR count). The van der Waals surface area contributed by atoms with Crippen molar-refractivity contribution in [2.45, 2.75) is 38.0 Å². The standard InChI is InChI=1S/C12H20BrNO2S2/c1-5-14-11(12(2,3)18(4,15)16)8-10-9(13)6-7-17-10/h6-7,11,14H,5,8H2,1-4H3. The molecule has 0 spiro atoms. The smallest absolute Gasteiger partial charge is 0.154 e. The predicted molar refractivity (Wildman–Crippen MR) is 82.1 cm³/mol. The highest BCUT2D eigenvalue weighted by molar-refractivity contribution is 9.10. The highest BCUT2D eigenvalue weighted by Gasteiger charge is 2.38. The molecule has 104 valence electrons. The van der Waals surface area contributed by atoms with Crippen LogP contribution in [0.15, 0.2) is 15.9 Å². The van der Waals surface area contributed by atoms with Crippen LogP contribution in [-0.2, 0) is 16.3 Å². The van der Waals surface area contributed by atoms with Crippen LogP contribution in [0.25, 0.3) is 0 Å². The molecule has 0 aliphatic carbocycles. The van der Waals surface area contributed by atoms with Crippen molar-refractivity contribution in [1.29, 1.82) is 0 Å². The molecule has 0 aromatic carbocycles. The van der Waals surface area contributed by atoms with E-state index in [1.807, 2.05) is 18.4 Å². The molecular formula is C12H20BrNO2S2. The van der Waals surface area contributed by atoms with Crippen molar-refractivity contribution in [3.8, 4) is 0 Å². The Morgan fingerprint density at radius 3 is 2.50 bits per heavy atom. The first kappa shape index (κ1) is 16.1. The third-order valence-corrected chi connectivity index (χ3v) is 7.47. The molecule has 0 amide bonds. The number of thiophene rings is 1. The van der Waals surface area contributed by atoms with Crippen LogP contribution in [0, 0.1) is 0 Å². The molecule has 18 heavy (non-hydrogen) atoms. The number of sulfone groups is 1. The summed E-state index contributed by atoms with van der Waals surface area (Å²) in [6.45, 7) is 6.33. The van der Waals surface area contributed by atoms with Gasteiger partial charge in [-0.2, -0.15) is 0 Å². The van der Waals surface area contributed by atoms with Gasteiger partial charge in [-0.1, -0.05) is 6.92 Å². The predicted octanol–water partition coefficient (Wildman–Crippen LogP) is 2.85. The zero-order chi connectivity index (χ0) is 14.0. The van der Waals surface area contributed by atoms with Gasteiger partial charge in [-0.05, 0) is 54.2 Å². The highest BCUT2D eigenvalue weighted by atomic mass is 79.9. The molecule has 6 heteroatoms. The first-order valence-electron chi connectivity index (χ1n) is 5.85. The van der Waals surface area contributed by atoms with Crippen molar-refractivity contribution in [2.75, 3.05) is 12.8 Å². The Morgan fingerprint density at radius 1 is 1.50 bits per heavy atom. The van der Waals surface area contributed by atoms with Crippen LogP contribution in [-0.4, -0.2) is 32.0 Å². The second-order valence-electron chi connectivity index (χ2n) is 4.88. The van der Waals surface area contributed by atoms with Crippen molar-refractivity contribution >= 4 is 37.1 Å². The molecule has 0 saturated carbocycles. The summed E-state index contributed by atoms with van der Waals surface area (Å²) in [6, 6.07) is 1.91. The molecule has 0 radical (unpaired) electrons. The average Bonchev–Trinajstić information content (AvgIpc) is 2.62. The lowest BCUT2D eigenvalue weighted by atomic mass is 9.99. The van der Waals surface area contributed by atoms with Crippen LogP contribution in [0.3, 0.4) is 0 Å². The first-order valence-corrected chi connectivity index (χ1v) is 9.41. The maximum atomic E-state index is 11.9. The number of rotatable bonds is 6. The molecule has 1 aromatic rings. The molecule has 1 heterocycles. The summed E-state index contributed by atoms with van der Waals surface area (Å²) in [7, 11) is -3.11. The third-order valence-electron chi connectivity index (χ3n) is 3.33. The van der Waals surface area contributed by atoms with Crippen LogP contribution < -0.4 is 5.32 Å². The van der Waals surface area contributed by atoms with Crippen LogP contribution >= 0.6 is 27.3 Å². The molecule has 0 aliphatic rings. The maximum absolute atomic E-state index is 11.9. The van der Waals surface area contributed by atoms with Gasteiger partial charge in [-0.25, -0.2) is 8.42 Å². The minimum Gasteiger partial charge on any atom is -0.312 e. The molecule has 1 unspecified atom stereocenters. The molecule has 0 fully saturated rings. The summed E-state index contributed by atoms with van der Waals surface area (Å²) < 4.78 is 24.1. The summed E-state index contributed by atoms with van der Waals surface area (Å²) in [5, 5.41) is 5.31. The van der Waals surface area contributed by atoms with Gasteiger partial charge in [0.1, 0.15) is 0 Å². The molecule has 1 N–H and O–H groups in total. The first-order chi connectivity index (χ1) is 8.20. The number of hydrogen-bond acceptors (Lipinski definition) is 4. The van der Waals surface area contributed by atoms with E-state index < -0.39 is 14.6 Å². The van der Waals surface area contributed by atoms with E-state index in [0.29, 0.717) is 6.42 Å². The topological polar surface area (TPSA) is 46.2 Å². The molecular weight excluding hydrogens is 334 g/mol. The second-order valence-corrected chi connectivity index (χ2v) is 9.33. The SMILES string of the molecule is CCNC(Cc1sccc1Br)C(C)(C)S(C)(=O)=O. The van der Waals surface area contributed by atoms with Gasteiger partial charge in [0.05, 0.1) is 4.75 Å². The minimum atomic E-state index is -3.11. The van der Waals surface area contributed by atoms with E-state index >= 15 is 0 Å². The summed E-state index contributed by atoms with van der Waals surface area (Å²) in [6.07, 6.45) is 2.02. The van der Waals surface area contributed by atoms with Crippen LogP contribution in [0.4, 0.5) is 0 Å². The van der Waals surface area contributed by atoms with Gasteiger partial charge >= 0.3 is 0 Å². The minimum absolute atomic E-state index is 0.0903. The van der Waals surface area contributed by atoms with Gasteiger partial charge in [0.2, 0.25) is 0 Å². The van der Waals surface area contributed by atoms with Crippen molar-refractivity contribution in [3.63, 3.8) is 0 Å². The van der Waals surface area contributed by atoms with Gasteiger partial charge in [0.15, 0.2) is 9.84 Å². The van der Waals surface area contributed by atoms with E-state index in [1.165, 1.54) is 11.1 Å². The monoisotopic (exact) mass is 353 g/mol. The number of halogens is 1. The van der Waals surface area contributed by atoms with Gasteiger partial charge in [-0.15, -0.1) is 11.3 Å². The Balaban J connectivity index is 3.00. The Bertz CT molecular complexity index is 494. The fourth-order valence-electron chi connectivity index (χ4n) is 1.72. The van der Waals surface area contributed by atoms with Crippen LogP contribution in [0.2, 0.25) is 0 Å². The van der Waals surface area contributed by atoms with E-state index in [2.05, 4.69) is 21.2 Å². The van der Waals surface area contributed by atoms with Crippen LogP contribution in [0.1, 0.15) is 25.6 Å². The molecule has 0 saturated heterocycles. The van der Waals surface area contributed by atoms with Gasteiger partial charge < -0.3 is 5.32 Å². The summed E-state index contributed by atoms with van der Waals surface area (Å²) >= 11 is 5.15. The lowest BCUT2D eigenvalue weighted by Gasteiger charge is -2.33. The lowest BCUT2D eigenvalue weighted by Crippen LogP contribution is -2.52. The molecule has 0 bridgehead atoms. The summed E-state index contributed by atoms with van der Waals surface area (Å²) in [5.74, 6) is 0. The average molecular weight is 354 g/mol. The second kappa shape index (κ2) is 6.03. The zero-order valence-electron chi connectivity index (χ0n) is 11.2. The molecule has 3 nitrogen and oxygen atoms in total. The molecule has 0 aliphatic heterocycles. The number of nitrogens with one attached hydrogen (secondary N) is 1. The fraction of sp³-hybridized carbons (Fsp3) is 0.667. The summed E-state index contributed by atoms with van der Waals surface area (Å²) in [5.41, 5.74) is 0. The van der Waals surface area contributed by atoms with E-state index in [0.717, 1.165) is 11.0 Å². The molecule has 1 aromatic heterocycles. The Labute approximate surface area is 122 Å². The van der Waals surface area contributed by atoms with Gasteiger partial charge in [0.25, 0.3) is 0 Å². The normalized spacial score (nSPS) is 14.7. The maximum Gasteiger partial charge on any atom is 0.154 e. The van der Waals surface area contributed by atoms with Gasteiger partial charge in [-0.3, -0.25) is 0 Å². The molecule has 1 atom stereocenters. The van der Waals surface area contributed by atoms with E-state index in [4.69, 9.17) is 0 Å². The Hall–Kier alpha value is 0.0900. The third kappa shape index (κ3) is 3.56. The quantitative estimate of drug-likeness (QED) is 0.855. The Kier molecular flexibility index (Phi) is 5.41. The van der Waals surface area contributed by atoms with Gasteiger partial charge in [0, 0.05) is 21.6 Å². The van der Waals surface area contributed by atoms with E-state index in [1.54, 1.807) is 25.2 Å². The van der Waals surface area contributed by atoms with Crippen molar-refractivity contribution in [2.24, 2.45) is 0 Å². The van der Waals surface area contributed by atoms with Crippen LogP contribution in [0.5, 0.6) is 0 Å². The fourth-order valence-corrected chi connectivity index (χ4v) is 3.97. The van der Waals surface area contributed by atoms with Crippen molar-refractivity contribution in [3.05, 3.63) is 20.8 Å². The zero-order valence-corrected chi connectivity index (χ0v) is 14.4. The van der Waals surface area contributed by atoms with E-state index in [-0.39, 0.29) is 6.04 Å². The Morgan fingerprint density at radius 2 is 2.11 bits per heavy atom. The largest absolute Gasteiger partial charge is 0.312 e. The van der Waals surface area contributed by atoms with Crippen molar-refractivity contribution in [1.82, 2.24) is 5.32 Å². The number of likely N-dealkylation sites (N-methyl/N-ethyl adjacent to an activating group) is 1. The van der Waals surface area contributed by atoms with E-state index in [9.17, 15) is 8.42 Å².